The molecule has 1 aliphatic rings. The van der Waals surface area contributed by atoms with E-state index in [2.05, 4.69) is 0 Å². The van der Waals surface area contributed by atoms with Gasteiger partial charge in [0.1, 0.15) is 11.4 Å². The second-order valence-corrected chi connectivity index (χ2v) is 9.48. The maximum Gasteiger partial charge on any atom is 0.355 e. The minimum Gasteiger partial charge on any atom is -0.497 e. The van der Waals surface area contributed by atoms with Gasteiger partial charge in [-0.05, 0) is 63.4 Å². The van der Waals surface area contributed by atoms with E-state index in [4.69, 9.17) is 9.47 Å². The van der Waals surface area contributed by atoms with Gasteiger partial charge >= 0.3 is 5.97 Å². The van der Waals surface area contributed by atoms with Gasteiger partial charge in [-0.1, -0.05) is 0 Å². The predicted octanol–water partition coefficient (Wildman–Crippen LogP) is 2.86. The minimum absolute atomic E-state index is 0.113. The van der Waals surface area contributed by atoms with Crippen molar-refractivity contribution >= 4 is 21.8 Å². The number of Topliss-reactive ketones (excluding diaryl/α,β-unsaturated/α-hetero) is 1. The van der Waals surface area contributed by atoms with E-state index in [0.717, 1.165) is 0 Å². The number of benzene rings is 1. The number of rotatable bonds is 9. The van der Waals surface area contributed by atoms with E-state index in [0.29, 0.717) is 41.1 Å². The molecule has 0 aliphatic heterocycles. The molecule has 2 aromatic rings. The Hall–Kier alpha value is -2.65. The van der Waals surface area contributed by atoms with Crippen LogP contribution in [0.25, 0.3) is 0 Å². The van der Waals surface area contributed by atoms with Gasteiger partial charge in [0.2, 0.25) is 10.0 Å². The number of methoxy groups -OCH3 is 1. The van der Waals surface area contributed by atoms with Gasteiger partial charge in [0, 0.05) is 24.3 Å². The summed E-state index contributed by atoms with van der Waals surface area (Å²) < 4.78 is 39.6. The molecule has 0 amide bonds. The standard InChI is InChI=1S/C22H28N2O6S/c1-6-30-22(26)21-14(2)20(15(3)23(21)4)19(25)13-24(16-7-8-16)31(27,28)18-11-9-17(29-5)10-12-18/h9-12,16H,6-8,13H2,1-5H3. The number of esters is 1. The van der Waals surface area contributed by atoms with Crippen LogP contribution in [0.2, 0.25) is 0 Å². The molecule has 0 N–H and O–H groups in total. The zero-order chi connectivity index (χ0) is 22.9. The molecular weight excluding hydrogens is 420 g/mol. The lowest BCUT2D eigenvalue weighted by molar-refractivity contribution is 0.0514. The second kappa shape index (κ2) is 8.84. The highest BCUT2D eigenvalue weighted by molar-refractivity contribution is 7.89. The van der Waals surface area contributed by atoms with Crippen LogP contribution >= 0.6 is 0 Å². The molecule has 1 fully saturated rings. The van der Waals surface area contributed by atoms with Crippen LogP contribution in [-0.4, -0.2) is 55.3 Å². The lowest BCUT2D eigenvalue weighted by Gasteiger charge is -2.21. The van der Waals surface area contributed by atoms with E-state index in [1.807, 2.05) is 0 Å². The predicted molar refractivity (Wildman–Crippen MR) is 115 cm³/mol. The molecule has 9 heteroatoms. The first kappa shape index (κ1) is 23.0. The van der Waals surface area contributed by atoms with Crippen molar-refractivity contribution in [3.05, 3.63) is 46.8 Å². The van der Waals surface area contributed by atoms with E-state index in [1.54, 1.807) is 44.5 Å². The molecule has 1 aromatic carbocycles. The zero-order valence-electron chi connectivity index (χ0n) is 18.5. The summed E-state index contributed by atoms with van der Waals surface area (Å²) in [5, 5.41) is 0. The Bertz CT molecular complexity index is 1100. The van der Waals surface area contributed by atoms with Crippen LogP contribution in [-0.2, 0) is 21.8 Å². The van der Waals surface area contributed by atoms with Gasteiger partial charge in [-0.15, -0.1) is 0 Å². The molecule has 0 saturated heterocycles. The summed E-state index contributed by atoms with van der Waals surface area (Å²) in [6, 6.07) is 5.91. The molecule has 3 rings (SSSR count). The Morgan fingerprint density at radius 2 is 1.77 bits per heavy atom. The van der Waals surface area contributed by atoms with E-state index in [-0.39, 0.29) is 29.9 Å². The van der Waals surface area contributed by atoms with Crippen LogP contribution in [0.3, 0.4) is 0 Å². The molecule has 0 radical (unpaired) electrons. The van der Waals surface area contributed by atoms with Crippen molar-refractivity contribution in [2.24, 2.45) is 7.05 Å². The summed E-state index contributed by atoms with van der Waals surface area (Å²) >= 11 is 0. The summed E-state index contributed by atoms with van der Waals surface area (Å²) in [7, 11) is -0.661. The van der Waals surface area contributed by atoms with Crippen LogP contribution < -0.4 is 4.74 Å². The molecule has 0 bridgehead atoms. The van der Waals surface area contributed by atoms with Gasteiger partial charge < -0.3 is 14.0 Å². The molecule has 0 unspecified atom stereocenters. The normalized spacial score (nSPS) is 14.0. The highest BCUT2D eigenvalue weighted by atomic mass is 32.2. The second-order valence-electron chi connectivity index (χ2n) is 7.59. The first-order valence-corrected chi connectivity index (χ1v) is 11.6. The maximum absolute atomic E-state index is 13.3. The summed E-state index contributed by atoms with van der Waals surface area (Å²) in [6.07, 6.45) is 1.42. The van der Waals surface area contributed by atoms with Crippen molar-refractivity contribution in [3.8, 4) is 5.75 Å². The number of carbonyl (C=O) groups excluding carboxylic acids is 2. The number of aromatic nitrogens is 1. The molecule has 1 aromatic heterocycles. The Morgan fingerprint density at radius 3 is 2.29 bits per heavy atom. The fourth-order valence-electron chi connectivity index (χ4n) is 3.75. The minimum atomic E-state index is -3.86. The largest absolute Gasteiger partial charge is 0.497 e. The Balaban J connectivity index is 1.93. The smallest absolute Gasteiger partial charge is 0.355 e. The lowest BCUT2D eigenvalue weighted by atomic mass is 10.1. The monoisotopic (exact) mass is 448 g/mol. The summed E-state index contributed by atoms with van der Waals surface area (Å²) in [5.41, 5.74) is 1.77. The maximum atomic E-state index is 13.3. The topological polar surface area (TPSA) is 94.9 Å². The molecule has 1 aliphatic carbocycles. The van der Waals surface area contributed by atoms with Gasteiger partial charge in [0.05, 0.1) is 25.2 Å². The van der Waals surface area contributed by atoms with Crippen molar-refractivity contribution in [2.45, 2.75) is 44.6 Å². The Kier molecular flexibility index (Phi) is 6.56. The van der Waals surface area contributed by atoms with Crippen molar-refractivity contribution < 1.29 is 27.5 Å². The van der Waals surface area contributed by atoms with Crippen molar-refractivity contribution in [1.29, 1.82) is 0 Å². The van der Waals surface area contributed by atoms with Crippen LogP contribution in [0.15, 0.2) is 29.2 Å². The van der Waals surface area contributed by atoms with Gasteiger partial charge in [-0.3, -0.25) is 4.79 Å². The van der Waals surface area contributed by atoms with Crippen LogP contribution in [0, 0.1) is 13.8 Å². The van der Waals surface area contributed by atoms with E-state index < -0.39 is 16.0 Å². The third kappa shape index (κ3) is 4.38. The number of hydrogen-bond acceptors (Lipinski definition) is 6. The quantitative estimate of drug-likeness (QED) is 0.432. The number of nitrogens with zero attached hydrogens (tertiary/aromatic N) is 2. The SMILES string of the molecule is CCOC(=O)c1c(C)c(C(=O)CN(C2CC2)S(=O)(=O)c2ccc(OC)cc2)c(C)n1C. The average molecular weight is 449 g/mol. The third-order valence-corrected chi connectivity index (χ3v) is 7.51. The molecule has 0 spiro atoms. The number of sulfonamides is 1. The van der Waals surface area contributed by atoms with Gasteiger partial charge in [0.15, 0.2) is 5.78 Å². The molecule has 8 nitrogen and oxygen atoms in total. The van der Waals surface area contributed by atoms with E-state index >= 15 is 0 Å². The van der Waals surface area contributed by atoms with Gasteiger partial charge in [0.25, 0.3) is 0 Å². The zero-order valence-corrected chi connectivity index (χ0v) is 19.3. The molecule has 1 saturated carbocycles. The highest BCUT2D eigenvalue weighted by Gasteiger charge is 2.40. The van der Waals surface area contributed by atoms with Gasteiger partial charge in [-0.2, -0.15) is 4.31 Å². The van der Waals surface area contributed by atoms with Crippen molar-refractivity contribution in [3.63, 3.8) is 0 Å². The molecular formula is C22H28N2O6S. The van der Waals surface area contributed by atoms with Crippen LogP contribution in [0.1, 0.15) is 51.9 Å². The third-order valence-electron chi connectivity index (χ3n) is 5.60. The first-order valence-electron chi connectivity index (χ1n) is 10.2. The van der Waals surface area contributed by atoms with Crippen molar-refractivity contribution in [2.75, 3.05) is 20.3 Å². The molecule has 168 valence electrons. The van der Waals surface area contributed by atoms with Crippen LogP contribution in [0.4, 0.5) is 0 Å². The number of carbonyl (C=O) groups is 2. The lowest BCUT2D eigenvalue weighted by Crippen LogP contribution is -2.37. The molecule has 0 atom stereocenters. The number of ether oxygens (including phenoxy) is 2. The first-order chi connectivity index (χ1) is 14.6. The van der Waals surface area contributed by atoms with Crippen LogP contribution in [0.5, 0.6) is 5.75 Å². The van der Waals surface area contributed by atoms with Crippen molar-refractivity contribution in [1.82, 2.24) is 8.87 Å². The fourth-order valence-corrected chi connectivity index (χ4v) is 5.39. The summed E-state index contributed by atoms with van der Waals surface area (Å²) in [6.45, 7) is 5.08. The highest BCUT2D eigenvalue weighted by Crippen LogP contribution is 2.33. The van der Waals surface area contributed by atoms with Gasteiger partial charge in [-0.25, -0.2) is 13.2 Å². The molecule has 31 heavy (non-hydrogen) atoms. The summed E-state index contributed by atoms with van der Waals surface area (Å²) in [5.74, 6) is -0.297. The Morgan fingerprint density at radius 1 is 1.16 bits per heavy atom. The fraction of sp³-hybridized carbons (Fsp3) is 0.455. The Labute approximate surface area is 182 Å². The average Bonchev–Trinajstić information content (AvgIpc) is 3.54. The number of hydrogen-bond donors (Lipinski definition) is 0. The number of ketones is 1. The molecule has 1 heterocycles. The van der Waals surface area contributed by atoms with E-state index in [1.165, 1.54) is 23.5 Å². The summed E-state index contributed by atoms with van der Waals surface area (Å²) in [4.78, 5) is 25.7. The van der Waals surface area contributed by atoms with E-state index in [9.17, 15) is 18.0 Å².